The van der Waals surface area contributed by atoms with Gasteiger partial charge in [-0.15, -0.1) is 0 Å². The van der Waals surface area contributed by atoms with E-state index < -0.39 is 0 Å². The summed E-state index contributed by atoms with van der Waals surface area (Å²) in [5.41, 5.74) is 1.35. The number of rotatable bonds is 2. The third kappa shape index (κ3) is 2.19. The molecule has 3 heterocycles. The number of H-pyrrole nitrogens is 1. The number of likely N-dealkylation sites (N-methyl/N-ethyl adjacent to an activating group) is 1. The van der Waals surface area contributed by atoms with Gasteiger partial charge in [-0.25, -0.2) is 4.98 Å². The molecule has 1 fully saturated rings. The largest absolute Gasteiger partial charge is 0.336 e. The Bertz CT molecular complexity index is 585. The van der Waals surface area contributed by atoms with Crippen molar-refractivity contribution in [2.45, 2.75) is 6.92 Å². The van der Waals surface area contributed by atoms with Gasteiger partial charge in [-0.3, -0.25) is 9.89 Å². The van der Waals surface area contributed by atoms with Crippen LogP contribution in [-0.2, 0) is 0 Å². The lowest BCUT2D eigenvalue weighted by molar-refractivity contribution is 0.0645. The van der Waals surface area contributed by atoms with Gasteiger partial charge in [0.1, 0.15) is 0 Å². The van der Waals surface area contributed by atoms with Crippen molar-refractivity contribution in [3.8, 4) is 0 Å². The Hall–Kier alpha value is -1.95. The summed E-state index contributed by atoms with van der Waals surface area (Å²) in [5.74, 6) is 0.0737. The second-order valence-electron chi connectivity index (χ2n) is 4.72. The molecule has 0 aromatic carbocycles. The number of carbonyl (C=O) groups is 1. The highest BCUT2D eigenvalue weighted by Gasteiger charge is 2.23. The maximum Gasteiger partial charge on any atom is 0.254 e. The van der Waals surface area contributed by atoms with E-state index in [2.05, 4.69) is 27.0 Å². The first-order chi connectivity index (χ1) is 9.29. The summed E-state index contributed by atoms with van der Waals surface area (Å²) < 4.78 is 0. The van der Waals surface area contributed by atoms with Crippen molar-refractivity contribution in [2.75, 3.05) is 32.7 Å². The molecule has 0 aliphatic carbocycles. The number of pyridine rings is 1. The number of nitrogens with zero attached hydrogens (tertiary/aromatic N) is 4. The topological polar surface area (TPSA) is 65.1 Å². The second-order valence-corrected chi connectivity index (χ2v) is 4.72. The van der Waals surface area contributed by atoms with Crippen molar-refractivity contribution in [1.82, 2.24) is 25.0 Å². The lowest BCUT2D eigenvalue weighted by atomic mass is 10.1. The minimum Gasteiger partial charge on any atom is -0.336 e. The van der Waals surface area contributed by atoms with Crippen LogP contribution in [-0.4, -0.2) is 63.6 Å². The molecule has 3 rings (SSSR count). The van der Waals surface area contributed by atoms with Gasteiger partial charge in [-0.05, 0) is 12.6 Å². The first kappa shape index (κ1) is 12.1. The first-order valence-electron chi connectivity index (χ1n) is 6.59. The van der Waals surface area contributed by atoms with Crippen LogP contribution >= 0.6 is 0 Å². The fraction of sp³-hybridized carbons (Fsp3) is 0.462. The third-order valence-corrected chi connectivity index (χ3v) is 3.69. The molecule has 2 aromatic rings. The molecule has 1 amide bonds. The van der Waals surface area contributed by atoms with E-state index in [0.29, 0.717) is 11.2 Å². The van der Waals surface area contributed by atoms with E-state index in [0.717, 1.165) is 38.1 Å². The number of aromatic nitrogens is 3. The average Bonchev–Trinajstić information content (AvgIpc) is 2.95. The Morgan fingerprint density at radius 1 is 1.37 bits per heavy atom. The van der Waals surface area contributed by atoms with Crippen LogP contribution in [0.3, 0.4) is 0 Å². The van der Waals surface area contributed by atoms with E-state index in [4.69, 9.17) is 0 Å². The first-order valence-corrected chi connectivity index (χ1v) is 6.59. The van der Waals surface area contributed by atoms with Crippen LogP contribution in [0.2, 0.25) is 0 Å². The second kappa shape index (κ2) is 4.97. The predicted molar refractivity (Wildman–Crippen MR) is 71.9 cm³/mol. The van der Waals surface area contributed by atoms with Crippen LogP contribution in [0.25, 0.3) is 11.0 Å². The van der Waals surface area contributed by atoms with Crippen molar-refractivity contribution in [1.29, 1.82) is 0 Å². The maximum absolute atomic E-state index is 12.5. The number of fused-ring (bicyclic) bond motifs is 1. The minimum absolute atomic E-state index is 0.0737. The molecule has 2 aromatic heterocycles. The Balaban J connectivity index is 1.82. The monoisotopic (exact) mass is 259 g/mol. The van der Waals surface area contributed by atoms with E-state index in [1.54, 1.807) is 18.5 Å². The van der Waals surface area contributed by atoms with Gasteiger partial charge >= 0.3 is 0 Å². The summed E-state index contributed by atoms with van der Waals surface area (Å²) in [6.07, 6.45) is 3.31. The molecular weight excluding hydrogens is 242 g/mol. The van der Waals surface area contributed by atoms with Crippen LogP contribution in [0.4, 0.5) is 0 Å². The zero-order valence-electron chi connectivity index (χ0n) is 11.0. The Labute approximate surface area is 111 Å². The molecule has 6 heteroatoms. The lowest BCUT2D eigenvalue weighted by Gasteiger charge is -2.34. The van der Waals surface area contributed by atoms with Crippen molar-refractivity contribution >= 4 is 16.9 Å². The van der Waals surface area contributed by atoms with Gasteiger partial charge in [-0.2, -0.15) is 5.10 Å². The number of nitrogens with one attached hydrogen (secondary N) is 1. The summed E-state index contributed by atoms with van der Waals surface area (Å²) in [6.45, 7) is 6.66. The molecule has 0 atom stereocenters. The zero-order chi connectivity index (χ0) is 13.2. The molecule has 1 N–H and O–H groups in total. The van der Waals surface area contributed by atoms with Gasteiger partial charge in [0.05, 0.1) is 17.1 Å². The van der Waals surface area contributed by atoms with Gasteiger partial charge in [0.25, 0.3) is 5.91 Å². The quantitative estimate of drug-likeness (QED) is 0.863. The summed E-state index contributed by atoms with van der Waals surface area (Å²) in [4.78, 5) is 21.0. The Kier molecular flexibility index (Phi) is 3.16. The maximum atomic E-state index is 12.5. The highest BCUT2D eigenvalue weighted by atomic mass is 16.2. The molecule has 0 saturated carbocycles. The highest BCUT2D eigenvalue weighted by Crippen LogP contribution is 2.16. The van der Waals surface area contributed by atoms with Gasteiger partial charge in [0.15, 0.2) is 5.65 Å². The predicted octanol–water partition coefficient (Wildman–Crippen LogP) is 0.736. The van der Waals surface area contributed by atoms with Crippen LogP contribution in [0.15, 0.2) is 18.5 Å². The van der Waals surface area contributed by atoms with Gasteiger partial charge in [-0.1, -0.05) is 6.92 Å². The van der Waals surface area contributed by atoms with Crippen LogP contribution < -0.4 is 0 Å². The van der Waals surface area contributed by atoms with Crippen LogP contribution in [0.1, 0.15) is 17.3 Å². The number of piperazine rings is 1. The summed E-state index contributed by atoms with van der Waals surface area (Å²) in [6, 6.07) is 1.77. The molecule has 19 heavy (non-hydrogen) atoms. The molecule has 1 saturated heterocycles. The number of amides is 1. The molecule has 0 bridgehead atoms. The van der Waals surface area contributed by atoms with E-state index in [-0.39, 0.29) is 5.91 Å². The number of aromatic amines is 1. The Morgan fingerprint density at radius 3 is 2.89 bits per heavy atom. The molecule has 0 spiro atoms. The fourth-order valence-electron chi connectivity index (χ4n) is 2.47. The van der Waals surface area contributed by atoms with Gasteiger partial charge in [0.2, 0.25) is 0 Å². The Morgan fingerprint density at radius 2 is 2.16 bits per heavy atom. The van der Waals surface area contributed by atoms with Crippen molar-refractivity contribution in [3.63, 3.8) is 0 Å². The van der Waals surface area contributed by atoms with E-state index in [9.17, 15) is 4.79 Å². The van der Waals surface area contributed by atoms with E-state index in [1.165, 1.54) is 0 Å². The summed E-state index contributed by atoms with van der Waals surface area (Å²) >= 11 is 0. The van der Waals surface area contributed by atoms with E-state index in [1.807, 2.05) is 4.90 Å². The summed E-state index contributed by atoms with van der Waals surface area (Å²) in [5, 5.41) is 7.54. The third-order valence-electron chi connectivity index (χ3n) is 3.69. The molecule has 0 unspecified atom stereocenters. The summed E-state index contributed by atoms with van der Waals surface area (Å²) in [7, 11) is 0. The fourth-order valence-corrected chi connectivity index (χ4v) is 2.47. The molecule has 1 aliphatic heterocycles. The number of hydrogen-bond donors (Lipinski definition) is 1. The van der Waals surface area contributed by atoms with E-state index >= 15 is 0 Å². The molecule has 6 nitrogen and oxygen atoms in total. The molecule has 0 radical (unpaired) electrons. The molecular formula is C13H17N5O. The number of carbonyl (C=O) groups excluding carboxylic acids is 1. The van der Waals surface area contributed by atoms with Gasteiger partial charge in [0, 0.05) is 32.4 Å². The van der Waals surface area contributed by atoms with Crippen molar-refractivity contribution in [2.24, 2.45) is 0 Å². The highest BCUT2D eigenvalue weighted by molar-refractivity contribution is 6.05. The molecule has 100 valence electrons. The van der Waals surface area contributed by atoms with Gasteiger partial charge < -0.3 is 9.80 Å². The van der Waals surface area contributed by atoms with Crippen LogP contribution in [0, 0.1) is 0 Å². The minimum atomic E-state index is 0.0737. The number of hydrogen-bond acceptors (Lipinski definition) is 4. The SMILES string of the molecule is CCN1CCN(C(=O)c2ccnc3[nH]ncc23)CC1. The smallest absolute Gasteiger partial charge is 0.254 e. The van der Waals surface area contributed by atoms with Crippen molar-refractivity contribution < 1.29 is 4.79 Å². The lowest BCUT2D eigenvalue weighted by Crippen LogP contribution is -2.48. The zero-order valence-corrected chi connectivity index (χ0v) is 11.0. The molecule has 1 aliphatic rings. The standard InChI is InChI=1S/C13H17N5O/c1-2-17-5-7-18(8-6-17)13(19)10-3-4-14-12-11(10)9-15-16-12/h3-4,9H,2,5-8H2,1H3,(H,14,15,16). The average molecular weight is 259 g/mol. The van der Waals surface area contributed by atoms with Crippen molar-refractivity contribution in [3.05, 3.63) is 24.0 Å². The van der Waals surface area contributed by atoms with Crippen LogP contribution in [0.5, 0.6) is 0 Å². The normalized spacial score (nSPS) is 17.0.